The zero-order valence-electron chi connectivity index (χ0n) is 14.5. The highest BCUT2D eigenvalue weighted by molar-refractivity contribution is 7.88. The van der Waals surface area contributed by atoms with Crippen LogP contribution in [-0.4, -0.2) is 38.0 Å². The third-order valence-corrected chi connectivity index (χ3v) is 5.35. The third-order valence-electron chi connectivity index (χ3n) is 3.79. The minimum absolute atomic E-state index is 0.00197. The van der Waals surface area contributed by atoms with Gasteiger partial charge in [0.2, 0.25) is 10.0 Å². The SMILES string of the molecule is Cc1ccc(CN(CCNC(=O)c2c(F)cccc2Cl)S(C)(=O)=O)cc1. The fourth-order valence-electron chi connectivity index (χ4n) is 2.36. The Hall–Kier alpha value is -1.96. The first kappa shape index (κ1) is 20.4. The van der Waals surface area contributed by atoms with E-state index in [0.29, 0.717) is 0 Å². The molecule has 0 aliphatic rings. The number of benzene rings is 2. The highest BCUT2D eigenvalue weighted by Crippen LogP contribution is 2.18. The Balaban J connectivity index is 2.01. The van der Waals surface area contributed by atoms with Crippen molar-refractivity contribution in [2.45, 2.75) is 13.5 Å². The molecule has 0 aliphatic heterocycles. The molecule has 0 saturated carbocycles. The smallest absolute Gasteiger partial charge is 0.255 e. The molecule has 140 valence electrons. The molecule has 0 unspecified atom stereocenters. The molecule has 0 atom stereocenters. The lowest BCUT2D eigenvalue weighted by Crippen LogP contribution is -2.38. The van der Waals surface area contributed by atoms with Gasteiger partial charge in [0.15, 0.2) is 0 Å². The maximum absolute atomic E-state index is 13.7. The van der Waals surface area contributed by atoms with Crippen LogP contribution in [0.2, 0.25) is 5.02 Å². The number of aryl methyl sites for hydroxylation is 1. The van der Waals surface area contributed by atoms with E-state index in [1.54, 1.807) is 0 Å². The van der Waals surface area contributed by atoms with Crippen molar-refractivity contribution in [3.8, 4) is 0 Å². The monoisotopic (exact) mass is 398 g/mol. The topological polar surface area (TPSA) is 66.5 Å². The summed E-state index contributed by atoms with van der Waals surface area (Å²) in [6, 6.07) is 11.5. The van der Waals surface area contributed by atoms with Crippen molar-refractivity contribution in [3.05, 3.63) is 70.0 Å². The van der Waals surface area contributed by atoms with Crippen LogP contribution in [0, 0.1) is 12.7 Å². The zero-order chi connectivity index (χ0) is 19.3. The summed E-state index contributed by atoms with van der Waals surface area (Å²) in [5.41, 5.74) is 1.66. The Morgan fingerprint density at radius 1 is 1.19 bits per heavy atom. The van der Waals surface area contributed by atoms with Gasteiger partial charge in [0, 0.05) is 19.6 Å². The zero-order valence-corrected chi connectivity index (χ0v) is 16.1. The van der Waals surface area contributed by atoms with Gasteiger partial charge in [-0.15, -0.1) is 0 Å². The standard InChI is InChI=1S/C18H20ClFN2O3S/c1-13-6-8-14(9-7-13)12-22(26(2,24)25)11-10-21-18(23)17-15(19)4-3-5-16(17)20/h3-9H,10-12H2,1-2H3,(H,21,23). The van der Waals surface area contributed by atoms with Crippen LogP contribution in [0.15, 0.2) is 42.5 Å². The van der Waals surface area contributed by atoms with Gasteiger partial charge in [0.05, 0.1) is 16.8 Å². The maximum Gasteiger partial charge on any atom is 0.255 e. The van der Waals surface area contributed by atoms with Crippen molar-refractivity contribution in [3.63, 3.8) is 0 Å². The predicted molar refractivity (Wildman–Crippen MR) is 100 cm³/mol. The molecule has 0 radical (unpaired) electrons. The first-order valence-corrected chi connectivity index (χ1v) is 10.1. The largest absolute Gasteiger partial charge is 0.351 e. The first-order valence-electron chi connectivity index (χ1n) is 7.91. The van der Waals surface area contributed by atoms with E-state index >= 15 is 0 Å². The summed E-state index contributed by atoms with van der Waals surface area (Å²) < 4.78 is 39.0. The molecule has 0 aliphatic carbocycles. The third kappa shape index (κ3) is 5.52. The molecule has 5 nitrogen and oxygen atoms in total. The number of rotatable bonds is 7. The number of sulfonamides is 1. The molecule has 0 fully saturated rings. The number of amides is 1. The Bertz CT molecular complexity index is 866. The second kappa shape index (κ2) is 8.62. The van der Waals surface area contributed by atoms with Crippen LogP contribution < -0.4 is 5.32 Å². The Kier molecular flexibility index (Phi) is 6.75. The van der Waals surface area contributed by atoms with Crippen LogP contribution in [0.3, 0.4) is 0 Å². The number of nitrogens with zero attached hydrogens (tertiary/aromatic N) is 1. The molecule has 2 aromatic carbocycles. The molecule has 2 rings (SSSR count). The lowest BCUT2D eigenvalue weighted by molar-refractivity contribution is 0.0947. The summed E-state index contributed by atoms with van der Waals surface area (Å²) in [7, 11) is -3.47. The van der Waals surface area contributed by atoms with Crippen LogP contribution in [0.1, 0.15) is 21.5 Å². The molecule has 8 heteroatoms. The van der Waals surface area contributed by atoms with Crippen LogP contribution in [-0.2, 0) is 16.6 Å². The van der Waals surface area contributed by atoms with E-state index in [9.17, 15) is 17.6 Å². The molecule has 0 bridgehead atoms. The molecule has 1 amide bonds. The van der Waals surface area contributed by atoms with Crippen molar-refractivity contribution in [1.29, 1.82) is 0 Å². The van der Waals surface area contributed by atoms with E-state index in [-0.39, 0.29) is 30.2 Å². The average molecular weight is 399 g/mol. The Morgan fingerprint density at radius 3 is 2.42 bits per heavy atom. The number of halogens is 2. The number of carbonyl (C=O) groups excluding carboxylic acids is 1. The van der Waals surface area contributed by atoms with E-state index in [1.165, 1.54) is 16.4 Å². The van der Waals surface area contributed by atoms with Gasteiger partial charge in [-0.2, -0.15) is 4.31 Å². The molecule has 26 heavy (non-hydrogen) atoms. The van der Waals surface area contributed by atoms with E-state index in [1.807, 2.05) is 31.2 Å². The number of nitrogens with one attached hydrogen (secondary N) is 1. The lowest BCUT2D eigenvalue weighted by atomic mass is 10.1. The first-order chi connectivity index (χ1) is 12.2. The fourth-order valence-corrected chi connectivity index (χ4v) is 3.41. The highest BCUT2D eigenvalue weighted by Gasteiger charge is 2.19. The van der Waals surface area contributed by atoms with Gasteiger partial charge in [0.25, 0.3) is 5.91 Å². The van der Waals surface area contributed by atoms with Crippen LogP contribution >= 0.6 is 11.6 Å². The summed E-state index contributed by atoms with van der Waals surface area (Å²) in [6.07, 6.45) is 1.11. The Morgan fingerprint density at radius 2 is 1.85 bits per heavy atom. The van der Waals surface area contributed by atoms with Crippen LogP contribution in [0.4, 0.5) is 4.39 Å². The van der Waals surface area contributed by atoms with Crippen LogP contribution in [0.5, 0.6) is 0 Å². The average Bonchev–Trinajstić information content (AvgIpc) is 2.54. The van der Waals surface area contributed by atoms with Gasteiger partial charge < -0.3 is 5.32 Å². The predicted octanol–water partition coefficient (Wildman–Crippen LogP) is 2.98. The van der Waals surface area contributed by atoms with Gasteiger partial charge in [-0.3, -0.25) is 4.79 Å². The Labute approximate surface area is 157 Å². The van der Waals surface area contributed by atoms with Crippen molar-refractivity contribution >= 4 is 27.5 Å². The van der Waals surface area contributed by atoms with Crippen LogP contribution in [0.25, 0.3) is 0 Å². The van der Waals surface area contributed by atoms with Crippen molar-refractivity contribution in [2.24, 2.45) is 0 Å². The number of hydrogen-bond donors (Lipinski definition) is 1. The summed E-state index contributed by atoms with van der Waals surface area (Å²) in [5, 5.41) is 2.51. The van der Waals surface area contributed by atoms with Gasteiger partial charge in [-0.1, -0.05) is 47.5 Å². The van der Waals surface area contributed by atoms with Crippen molar-refractivity contribution < 1.29 is 17.6 Å². The highest BCUT2D eigenvalue weighted by atomic mass is 35.5. The number of carbonyl (C=O) groups is 1. The molecule has 1 N–H and O–H groups in total. The summed E-state index contributed by atoms with van der Waals surface area (Å²) in [6.45, 7) is 2.23. The molecular weight excluding hydrogens is 379 g/mol. The molecule has 0 spiro atoms. The van der Waals surface area contributed by atoms with E-state index in [0.717, 1.165) is 23.4 Å². The molecule has 0 aromatic heterocycles. The second-order valence-electron chi connectivity index (χ2n) is 5.93. The van der Waals surface area contributed by atoms with Gasteiger partial charge in [0.1, 0.15) is 5.82 Å². The van der Waals surface area contributed by atoms with E-state index in [4.69, 9.17) is 11.6 Å². The van der Waals surface area contributed by atoms with Gasteiger partial charge >= 0.3 is 0 Å². The van der Waals surface area contributed by atoms with Crippen molar-refractivity contribution in [2.75, 3.05) is 19.3 Å². The van der Waals surface area contributed by atoms with Crippen molar-refractivity contribution in [1.82, 2.24) is 9.62 Å². The van der Waals surface area contributed by atoms with Gasteiger partial charge in [-0.25, -0.2) is 12.8 Å². The summed E-state index contributed by atoms with van der Waals surface area (Å²) >= 11 is 5.85. The normalized spacial score (nSPS) is 11.6. The summed E-state index contributed by atoms with van der Waals surface area (Å²) in [4.78, 5) is 12.1. The molecule has 2 aromatic rings. The van der Waals surface area contributed by atoms with E-state index in [2.05, 4.69) is 5.32 Å². The fraction of sp³-hybridized carbons (Fsp3) is 0.278. The number of hydrogen-bond acceptors (Lipinski definition) is 3. The van der Waals surface area contributed by atoms with Gasteiger partial charge in [-0.05, 0) is 24.6 Å². The quantitative estimate of drug-likeness (QED) is 0.779. The second-order valence-corrected chi connectivity index (χ2v) is 8.32. The molecular formula is C18H20ClFN2O3S. The summed E-state index contributed by atoms with van der Waals surface area (Å²) in [5.74, 6) is -1.41. The lowest BCUT2D eigenvalue weighted by Gasteiger charge is -2.20. The molecule has 0 saturated heterocycles. The minimum Gasteiger partial charge on any atom is -0.351 e. The van der Waals surface area contributed by atoms with E-state index < -0.39 is 21.7 Å². The molecule has 0 heterocycles. The minimum atomic E-state index is -3.47. The maximum atomic E-state index is 13.7.